The summed E-state index contributed by atoms with van der Waals surface area (Å²) in [4.78, 5) is 4.54. The van der Waals surface area contributed by atoms with E-state index in [1.54, 1.807) is 7.11 Å². The van der Waals surface area contributed by atoms with Gasteiger partial charge in [0.1, 0.15) is 0 Å². The Kier molecular flexibility index (Phi) is 5.62. The lowest BCUT2D eigenvalue weighted by molar-refractivity contribution is 0.0780. The summed E-state index contributed by atoms with van der Waals surface area (Å²) in [6.07, 6.45) is 5.89. The van der Waals surface area contributed by atoms with Crippen molar-refractivity contribution in [1.29, 1.82) is 0 Å². The monoisotopic (exact) mass is 289 g/mol. The van der Waals surface area contributed by atoms with Gasteiger partial charge in [-0.15, -0.1) is 0 Å². The van der Waals surface area contributed by atoms with Crippen molar-refractivity contribution in [3.63, 3.8) is 0 Å². The minimum absolute atomic E-state index is 0.314. The van der Waals surface area contributed by atoms with Gasteiger partial charge in [0.2, 0.25) is 0 Å². The molecule has 1 aromatic rings. The number of guanidine groups is 1. The lowest BCUT2D eigenvalue weighted by atomic mass is 9.67. The summed E-state index contributed by atoms with van der Waals surface area (Å²) in [6, 6.07) is 8.32. The molecule has 116 valence electrons. The van der Waals surface area contributed by atoms with Crippen LogP contribution in [0.4, 0.5) is 5.69 Å². The highest BCUT2D eigenvalue weighted by molar-refractivity contribution is 5.92. The maximum absolute atomic E-state index is 6.00. The van der Waals surface area contributed by atoms with E-state index in [1.807, 2.05) is 12.1 Å². The van der Waals surface area contributed by atoms with Gasteiger partial charge in [-0.3, -0.25) is 4.99 Å². The molecule has 3 N–H and O–H groups in total. The molecule has 0 bridgehead atoms. The molecule has 1 fully saturated rings. The van der Waals surface area contributed by atoms with Crippen LogP contribution in [-0.4, -0.2) is 26.2 Å². The van der Waals surface area contributed by atoms with Crippen molar-refractivity contribution in [3.05, 3.63) is 29.8 Å². The van der Waals surface area contributed by atoms with Crippen LogP contribution in [0.25, 0.3) is 0 Å². The van der Waals surface area contributed by atoms with Crippen LogP contribution in [0.2, 0.25) is 0 Å². The predicted molar refractivity (Wildman–Crippen MR) is 88.7 cm³/mol. The van der Waals surface area contributed by atoms with Crippen LogP contribution in [0.5, 0.6) is 0 Å². The lowest BCUT2D eigenvalue weighted by Gasteiger charge is -2.40. The molecule has 0 amide bonds. The highest BCUT2D eigenvalue weighted by Crippen LogP contribution is 2.44. The minimum atomic E-state index is 0.314. The van der Waals surface area contributed by atoms with Gasteiger partial charge in [0.25, 0.3) is 0 Å². The summed E-state index contributed by atoms with van der Waals surface area (Å²) in [6.45, 7) is 3.75. The van der Waals surface area contributed by atoms with E-state index in [9.17, 15) is 0 Å². The molecule has 0 saturated heterocycles. The van der Waals surface area contributed by atoms with Crippen molar-refractivity contribution in [3.8, 4) is 0 Å². The van der Waals surface area contributed by atoms with Gasteiger partial charge in [0.15, 0.2) is 5.96 Å². The van der Waals surface area contributed by atoms with Gasteiger partial charge < -0.3 is 15.8 Å². The van der Waals surface area contributed by atoms with Crippen molar-refractivity contribution in [2.24, 2.45) is 16.1 Å². The van der Waals surface area contributed by atoms with Crippen LogP contribution < -0.4 is 11.1 Å². The van der Waals surface area contributed by atoms with E-state index >= 15 is 0 Å². The van der Waals surface area contributed by atoms with Crippen molar-refractivity contribution < 1.29 is 4.74 Å². The van der Waals surface area contributed by atoms with Crippen LogP contribution in [0.3, 0.4) is 0 Å². The lowest BCUT2D eigenvalue weighted by Crippen LogP contribution is -2.35. The number of hydrogen-bond acceptors (Lipinski definition) is 2. The zero-order valence-electron chi connectivity index (χ0n) is 13.2. The highest BCUT2D eigenvalue weighted by atomic mass is 16.5. The van der Waals surface area contributed by atoms with Crippen LogP contribution >= 0.6 is 0 Å². The molecule has 0 heterocycles. The molecule has 4 nitrogen and oxygen atoms in total. The molecule has 0 aliphatic heterocycles. The molecule has 2 rings (SSSR count). The fourth-order valence-electron chi connectivity index (χ4n) is 2.75. The maximum Gasteiger partial charge on any atom is 0.193 e. The summed E-state index contributed by atoms with van der Waals surface area (Å²) >= 11 is 0. The van der Waals surface area contributed by atoms with Crippen LogP contribution in [-0.2, 0) is 11.2 Å². The number of nitrogens with two attached hydrogens (primary N) is 1. The first-order valence-electron chi connectivity index (χ1n) is 7.82. The molecular weight excluding hydrogens is 262 g/mol. The average Bonchev–Trinajstić information content (AvgIpc) is 2.46. The zero-order valence-corrected chi connectivity index (χ0v) is 13.2. The van der Waals surface area contributed by atoms with Gasteiger partial charge in [-0.05, 0) is 48.8 Å². The fraction of sp³-hybridized carbons (Fsp3) is 0.588. The van der Waals surface area contributed by atoms with E-state index < -0.39 is 0 Å². The third kappa shape index (κ3) is 4.46. The summed E-state index contributed by atoms with van der Waals surface area (Å²) < 4.78 is 5.20. The minimum Gasteiger partial charge on any atom is -0.385 e. The molecule has 0 spiro atoms. The summed E-state index contributed by atoms with van der Waals surface area (Å²) in [5, 5.41) is 3.17. The molecule has 4 heteroatoms. The summed E-state index contributed by atoms with van der Waals surface area (Å²) in [7, 11) is 1.76. The number of aryl methyl sites for hydroxylation is 1. The van der Waals surface area contributed by atoms with Gasteiger partial charge in [-0.2, -0.15) is 0 Å². The molecule has 0 atom stereocenters. The third-order valence-electron chi connectivity index (χ3n) is 4.47. The Morgan fingerprint density at radius 1 is 1.33 bits per heavy atom. The molecule has 1 aromatic carbocycles. The molecule has 0 aromatic heterocycles. The number of benzene rings is 1. The smallest absolute Gasteiger partial charge is 0.193 e. The molecule has 1 aliphatic carbocycles. The zero-order chi connectivity index (χ0) is 15.1. The first kappa shape index (κ1) is 15.8. The summed E-state index contributed by atoms with van der Waals surface area (Å²) in [5.74, 6) is 0.503. The van der Waals surface area contributed by atoms with E-state index in [-0.39, 0.29) is 0 Å². The van der Waals surface area contributed by atoms with E-state index in [0.29, 0.717) is 11.4 Å². The molecule has 0 radical (unpaired) electrons. The Morgan fingerprint density at radius 2 is 2.05 bits per heavy atom. The average molecular weight is 289 g/mol. The second-order valence-corrected chi connectivity index (χ2v) is 5.97. The van der Waals surface area contributed by atoms with Crippen molar-refractivity contribution in [2.45, 2.75) is 39.0 Å². The first-order chi connectivity index (χ1) is 10.2. The van der Waals surface area contributed by atoms with Crippen LogP contribution in [0.1, 0.15) is 38.2 Å². The topological polar surface area (TPSA) is 59.6 Å². The Labute approximate surface area is 127 Å². The second-order valence-electron chi connectivity index (χ2n) is 5.97. The Bertz CT molecular complexity index is 463. The largest absolute Gasteiger partial charge is 0.385 e. The van der Waals surface area contributed by atoms with Crippen molar-refractivity contribution in [2.75, 3.05) is 25.6 Å². The van der Waals surface area contributed by atoms with E-state index in [2.05, 4.69) is 29.4 Å². The normalized spacial score (nSPS) is 17.3. The molecule has 0 unspecified atom stereocenters. The Hall–Kier alpha value is -1.55. The third-order valence-corrected chi connectivity index (χ3v) is 4.47. The van der Waals surface area contributed by atoms with Gasteiger partial charge in [0, 0.05) is 25.9 Å². The van der Waals surface area contributed by atoms with Gasteiger partial charge in [-0.25, -0.2) is 0 Å². The van der Waals surface area contributed by atoms with E-state index in [0.717, 1.165) is 31.7 Å². The Balaban J connectivity index is 1.87. The highest BCUT2D eigenvalue weighted by Gasteiger charge is 2.36. The Morgan fingerprint density at radius 3 is 2.57 bits per heavy atom. The van der Waals surface area contributed by atoms with Gasteiger partial charge >= 0.3 is 0 Å². The fourth-order valence-corrected chi connectivity index (χ4v) is 2.75. The van der Waals surface area contributed by atoms with Crippen LogP contribution in [0.15, 0.2) is 29.3 Å². The van der Waals surface area contributed by atoms with E-state index in [1.165, 1.54) is 24.8 Å². The number of nitrogens with zero attached hydrogens (tertiary/aromatic N) is 1. The maximum atomic E-state index is 6.00. The predicted octanol–water partition coefficient (Wildman–Crippen LogP) is 3.18. The SMILES string of the molecule is CCc1ccc(NC(N)=NCC2(CCOC)CCC2)cc1. The number of anilines is 1. The second kappa shape index (κ2) is 7.46. The van der Waals surface area contributed by atoms with Crippen molar-refractivity contribution in [1.82, 2.24) is 0 Å². The molecular formula is C17H27N3O. The van der Waals surface area contributed by atoms with Gasteiger partial charge in [0.05, 0.1) is 0 Å². The number of ether oxygens (including phenoxy) is 1. The first-order valence-corrected chi connectivity index (χ1v) is 7.82. The van der Waals surface area contributed by atoms with Crippen molar-refractivity contribution >= 4 is 11.6 Å². The number of aliphatic imine (C=N–C) groups is 1. The standard InChI is InChI=1S/C17H27N3O/c1-3-14-5-7-15(8-6-14)20-16(18)19-13-17(9-4-10-17)11-12-21-2/h5-8H,3-4,9-13H2,1-2H3,(H3,18,19,20). The number of methoxy groups -OCH3 is 1. The number of nitrogens with one attached hydrogen (secondary N) is 1. The van der Waals surface area contributed by atoms with Gasteiger partial charge in [-0.1, -0.05) is 25.5 Å². The molecule has 21 heavy (non-hydrogen) atoms. The molecule has 1 aliphatic rings. The van der Waals surface area contributed by atoms with E-state index in [4.69, 9.17) is 10.5 Å². The number of rotatable bonds is 7. The quantitative estimate of drug-likeness (QED) is 0.598. The molecule has 1 saturated carbocycles. The number of hydrogen-bond donors (Lipinski definition) is 2. The van der Waals surface area contributed by atoms with Crippen LogP contribution in [0, 0.1) is 5.41 Å². The summed E-state index contributed by atoms with van der Waals surface area (Å²) in [5.41, 5.74) is 8.63.